The van der Waals surface area contributed by atoms with Crippen LogP contribution in [-0.2, 0) is 16.0 Å². The number of aliphatic hydroxyl groups excluding tert-OH is 1. The molecule has 2 heterocycles. The molecule has 4 aromatic rings. The highest BCUT2D eigenvalue weighted by Crippen LogP contribution is 2.56. The van der Waals surface area contributed by atoms with Crippen molar-refractivity contribution < 1.29 is 47.9 Å². The van der Waals surface area contributed by atoms with Crippen molar-refractivity contribution in [2.75, 3.05) is 42.1 Å². The molecule has 2 aliphatic rings. The molecule has 3 N–H and O–H groups in total. The molecule has 0 bridgehead atoms. The monoisotopic (exact) mass is 761 g/mol. The number of carbonyl (C=O) groups is 3. The molecule has 1 aromatic heterocycles. The Kier molecular flexibility index (Phi) is 11.3. The maximum atomic E-state index is 14.5. The minimum atomic E-state index is -2.04. The van der Waals surface area contributed by atoms with Gasteiger partial charge in [-0.15, -0.1) is 0 Å². The summed E-state index contributed by atoms with van der Waals surface area (Å²) in [5.41, 5.74) is 0.159. The lowest BCUT2D eigenvalue weighted by Crippen LogP contribution is -2.53. The number of rotatable bonds is 15. The predicted octanol–water partition coefficient (Wildman–Crippen LogP) is 6.70. The molecular weight excluding hydrogens is 718 g/mol. The van der Waals surface area contributed by atoms with Crippen molar-refractivity contribution in [3.63, 3.8) is 0 Å². The second-order valence-electron chi connectivity index (χ2n) is 13.3. The molecule has 6 rings (SSSR count). The first-order chi connectivity index (χ1) is 26.0. The van der Waals surface area contributed by atoms with Crippen LogP contribution < -0.4 is 33.7 Å². The standard InChI is InChI=1S/C40H44ClN3O10/c1-21-16-26(45)33(38(47)40(21)39(48)34-27(49-2)20-28(50-3)35(41)37(34)54-40)23(22-17-29(51-4)36(53-6)30(18-22)52-5)19-32(46)42-15-11-7-8-14-31-43-24-12-9-10-13-25(24)44-31/h9-10,12-13,17-18,20-21,23,47H,7-8,11,14-16,19H2,1-6H3,(H,42,46)(H,43,44)/t21-,23?,40+/m1/s1. The van der Waals surface area contributed by atoms with Gasteiger partial charge in [0.1, 0.15) is 27.9 Å². The molecule has 1 spiro atoms. The Bertz CT molecular complexity index is 2070. The largest absolute Gasteiger partial charge is 0.507 e. The van der Waals surface area contributed by atoms with Gasteiger partial charge in [-0.3, -0.25) is 14.4 Å². The predicted molar refractivity (Wildman–Crippen MR) is 201 cm³/mol. The molecule has 1 unspecified atom stereocenters. The summed E-state index contributed by atoms with van der Waals surface area (Å²) in [6, 6.07) is 12.6. The fourth-order valence-electron chi connectivity index (χ4n) is 7.43. The number of benzene rings is 3. The van der Waals surface area contributed by atoms with Gasteiger partial charge in [0.05, 0.1) is 46.6 Å². The van der Waals surface area contributed by atoms with Crippen LogP contribution in [-0.4, -0.2) is 80.2 Å². The normalized spacial score (nSPS) is 18.4. The number of ether oxygens (including phenoxy) is 6. The van der Waals surface area contributed by atoms with E-state index in [4.69, 9.17) is 40.0 Å². The molecule has 0 saturated heterocycles. The molecule has 1 amide bonds. The van der Waals surface area contributed by atoms with Gasteiger partial charge in [0, 0.05) is 49.3 Å². The molecule has 0 saturated carbocycles. The number of halogens is 1. The van der Waals surface area contributed by atoms with Crippen LogP contribution in [0.5, 0.6) is 34.5 Å². The van der Waals surface area contributed by atoms with E-state index in [1.165, 1.54) is 41.6 Å². The van der Waals surface area contributed by atoms with Crippen LogP contribution in [0.25, 0.3) is 11.0 Å². The second-order valence-corrected chi connectivity index (χ2v) is 13.7. The number of nitrogens with zero attached hydrogens (tertiary/aromatic N) is 1. The molecule has 1 aliphatic carbocycles. The summed E-state index contributed by atoms with van der Waals surface area (Å²) in [5, 5.41) is 15.2. The van der Waals surface area contributed by atoms with Crippen LogP contribution in [0.15, 0.2) is 53.8 Å². The third-order valence-electron chi connectivity index (χ3n) is 10.2. The van der Waals surface area contributed by atoms with Gasteiger partial charge in [0.15, 0.2) is 28.8 Å². The van der Waals surface area contributed by atoms with E-state index >= 15 is 0 Å². The van der Waals surface area contributed by atoms with E-state index in [-0.39, 0.29) is 63.7 Å². The number of H-pyrrole nitrogens is 1. The lowest BCUT2D eigenvalue weighted by Gasteiger charge is -2.38. The highest BCUT2D eigenvalue weighted by atomic mass is 35.5. The van der Waals surface area contributed by atoms with Crippen LogP contribution in [0.1, 0.15) is 66.7 Å². The number of aliphatic hydroxyl groups is 1. The van der Waals surface area contributed by atoms with Crippen molar-refractivity contribution >= 4 is 40.1 Å². The fraction of sp³-hybridized carbons (Fsp3) is 0.400. The van der Waals surface area contributed by atoms with E-state index in [1.807, 2.05) is 24.3 Å². The van der Waals surface area contributed by atoms with E-state index < -0.39 is 34.8 Å². The average molecular weight is 762 g/mol. The van der Waals surface area contributed by atoms with Gasteiger partial charge in [-0.1, -0.05) is 37.1 Å². The van der Waals surface area contributed by atoms with E-state index in [0.717, 1.165) is 36.1 Å². The molecule has 54 heavy (non-hydrogen) atoms. The highest BCUT2D eigenvalue weighted by Gasteiger charge is 2.61. The summed E-state index contributed by atoms with van der Waals surface area (Å²) >= 11 is 6.64. The Balaban J connectivity index is 1.30. The number of allylic oxidation sites excluding steroid dienone is 1. The van der Waals surface area contributed by atoms with Crippen LogP contribution >= 0.6 is 11.6 Å². The number of imidazole rings is 1. The molecule has 0 radical (unpaired) electrons. The van der Waals surface area contributed by atoms with Crippen molar-refractivity contribution in [1.82, 2.24) is 15.3 Å². The quantitative estimate of drug-likeness (QED) is 0.110. The molecule has 286 valence electrons. The number of hydrogen-bond donors (Lipinski definition) is 3. The Labute approximate surface area is 317 Å². The zero-order chi connectivity index (χ0) is 38.7. The summed E-state index contributed by atoms with van der Waals surface area (Å²) in [6.45, 7) is 2.03. The second kappa shape index (κ2) is 15.9. The average Bonchev–Trinajstić information content (AvgIpc) is 3.74. The first kappa shape index (κ1) is 38.3. The van der Waals surface area contributed by atoms with E-state index in [9.17, 15) is 19.5 Å². The SMILES string of the molecule is COc1cc(OC)c2c(c1Cl)O[C@]1(C2=O)C(O)=C(C(CC(=O)NCCCCCc2nc3ccccc3[nH]2)c2cc(OC)c(OC)c(OC)c2)C(=O)C[C@H]1C. The Morgan fingerprint density at radius 1 is 0.981 bits per heavy atom. The highest BCUT2D eigenvalue weighted by molar-refractivity contribution is 6.35. The number of amides is 1. The summed E-state index contributed by atoms with van der Waals surface area (Å²) in [5.74, 6) is -1.90. The number of ketones is 2. The van der Waals surface area contributed by atoms with Crippen LogP contribution in [0, 0.1) is 5.92 Å². The lowest BCUT2D eigenvalue weighted by molar-refractivity contribution is -0.121. The number of hydrogen-bond acceptors (Lipinski definition) is 11. The number of aromatic nitrogens is 2. The number of methoxy groups -OCH3 is 5. The van der Waals surface area contributed by atoms with Crippen LogP contribution in [0.2, 0.25) is 5.02 Å². The first-order valence-electron chi connectivity index (χ1n) is 17.7. The zero-order valence-electron chi connectivity index (χ0n) is 31.1. The Morgan fingerprint density at radius 3 is 2.31 bits per heavy atom. The summed E-state index contributed by atoms with van der Waals surface area (Å²) in [6.07, 6.45) is 2.76. The van der Waals surface area contributed by atoms with Crippen molar-refractivity contribution in [2.24, 2.45) is 5.92 Å². The molecule has 1 aliphatic heterocycles. The van der Waals surface area contributed by atoms with Gasteiger partial charge >= 0.3 is 0 Å². The number of aryl methyl sites for hydroxylation is 1. The number of Topliss-reactive ketones (excluding diaryl/α,β-unsaturated/α-hetero) is 2. The smallest absolute Gasteiger partial charge is 0.231 e. The number of carbonyl (C=O) groups excluding carboxylic acids is 3. The zero-order valence-corrected chi connectivity index (χ0v) is 31.8. The number of unbranched alkanes of at least 4 members (excludes halogenated alkanes) is 2. The van der Waals surface area contributed by atoms with Crippen molar-refractivity contribution in [3.05, 3.63) is 75.8 Å². The minimum Gasteiger partial charge on any atom is -0.507 e. The molecule has 14 heteroatoms. The van der Waals surface area contributed by atoms with Gasteiger partial charge in [-0.05, 0) is 42.7 Å². The molecular formula is C40H44ClN3O10. The number of aromatic amines is 1. The van der Waals surface area contributed by atoms with Gasteiger partial charge in [0.25, 0.3) is 0 Å². The summed E-state index contributed by atoms with van der Waals surface area (Å²) in [4.78, 5) is 50.2. The third-order valence-corrected chi connectivity index (χ3v) is 10.5. The topological polar surface area (TPSA) is 168 Å². The molecule has 3 atom stereocenters. The summed E-state index contributed by atoms with van der Waals surface area (Å²) in [7, 11) is 7.15. The van der Waals surface area contributed by atoms with Crippen molar-refractivity contribution in [3.8, 4) is 34.5 Å². The van der Waals surface area contributed by atoms with Gasteiger partial charge in [-0.2, -0.15) is 0 Å². The third kappa shape index (κ3) is 6.76. The van der Waals surface area contributed by atoms with E-state index in [2.05, 4.69) is 15.3 Å². The molecule has 13 nitrogen and oxygen atoms in total. The van der Waals surface area contributed by atoms with Crippen molar-refractivity contribution in [1.29, 1.82) is 0 Å². The molecule has 0 fully saturated rings. The van der Waals surface area contributed by atoms with Crippen LogP contribution in [0.3, 0.4) is 0 Å². The number of para-hydroxylation sites is 2. The maximum Gasteiger partial charge on any atom is 0.231 e. The van der Waals surface area contributed by atoms with E-state index in [1.54, 1.807) is 19.1 Å². The Hall–Kier alpha value is -5.43. The van der Waals surface area contributed by atoms with Crippen molar-refractivity contribution in [2.45, 2.75) is 57.0 Å². The van der Waals surface area contributed by atoms with Crippen LogP contribution in [0.4, 0.5) is 0 Å². The van der Waals surface area contributed by atoms with E-state index in [0.29, 0.717) is 24.3 Å². The Morgan fingerprint density at radius 2 is 1.67 bits per heavy atom. The molecule has 3 aromatic carbocycles. The number of fused-ring (bicyclic) bond motifs is 2. The fourth-order valence-corrected chi connectivity index (χ4v) is 7.70. The summed E-state index contributed by atoms with van der Waals surface area (Å²) < 4.78 is 34.0. The first-order valence-corrected chi connectivity index (χ1v) is 18.1. The maximum absolute atomic E-state index is 14.5. The number of nitrogens with one attached hydrogen (secondary N) is 2. The minimum absolute atomic E-state index is 0.00937. The van der Waals surface area contributed by atoms with Gasteiger partial charge in [-0.25, -0.2) is 4.98 Å². The lowest BCUT2D eigenvalue weighted by atomic mass is 9.69. The van der Waals surface area contributed by atoms with Gasteiger partial charge in [0.2, 0.25) is 23.0 Å². The van der Waals surface area contributed by atoms with Gasteiger partial charge < -0.3 is 43.8 Å².